The molecule has 0 fully saturated rings. The first-order chi connectivity index (χ1) is 19.5. The van der Waals surface area contributed by atoms with Crippen molar-refractivity contribution in [3.05, 3.63) is 0 Å². The molecule has 0 aromatic heterocycles. The Morgan fingerprint density at radius 1 is 0.375 bits per heavy atom. The highest BCUT2D eigenvalue weighted by Crippen LogP contribution is 2.18. The number of ether oxygens (including phenoxy) is 2. The molecule has 0 rings (SSSR count). The summed E-state index contributed by atoms with van der Waals surface area (Å²) in [5.74, 6) is -0.476. The van der Waals surface area contributed by atoms with Gasteiger partial charge in [0.1, 0.15) is 0 Å². The predicted octanol–water partition coefficient (Wildman–Crippen LogP) is 12.3. The van der Waals surface area contributed by atoms with E-state index in [4.69, 9.17) is 9.47 Å². The number of nitrogens with zero attached hydrogens (tertiary/aromatic N) is 1. The van der Waals surface area contributed by atoms with E-state index in [1.807, 2.05) is 0 Å². The van der Waals surface area contributed by atoms with Crippen molar-refractivity contribution in [1.29, 1.82) is 0 Å². The van der Waals surface area contributed by atoms with Crippen molar-refractivity contribution in [2.75, 3.05) is 33.9 Å². The molecule has 242 valence electrons. The van der Waals surface area contributed by atoms with E-state index in [1.165, 1.54) is 167 Å². The van der Waals surface area contributed by atoms with Crippen molar-refractivity contribution in [3.63, 3.8) is 0 Å². The molecule has 3 heteroatoms. The summed E-state index contributed by atoms with van der Waals surface area (Å²) < 4.78 is 12.6. The molecule has 40 heavy (non-hydrogen) atoms. The van der Waals surface area contributed by atoms with E-state index in [0.717, 1.165) is 32.6 Å². The maximum Gasteiger partial charge on any atom is 0.178 e. The first kappa shape index (κ1) is 39.9. The van der Waals surface area contributed by atoms with Gasteiger partial charge in [-0.3, -0.25) is 0 Å². The van der Waals surface area contributed by atoms with Gasteiger partial charge in [-0.05, 0) is 33.9 Å². The Kier molecular flexibility index (Phi) is 31.7. The fourth-order valence-corrected chi connectivity index (χ4v) is 5.88. The van der Waals surface area contributed by atoms with Gasteiger partial charge in [0.25, 0.3) is 0 Å². The largest absolute Gasteiger partial charge is 0.349 e. The van der Waals surface area contributed by atoms with E-state index >= 15 is 0 Å². The second kappa shape index (κ2) is 31.8. The van der Waals surface area contributed by atoms with Crippen LogP contribution >= 0.6 is 0 Å². The Morgan fingerprint density at radius 2 is 0.600 bits per heavy atom. The van der Waals surface area contributed by atoms with Crippen LogP contribution in [0.2, 0.25) is 0 Å². The van der Waals surface area contributed by atoms with Gasteiger partial charge in [-0.2, -0.15) is 0 Å². The van der Waals surface area contributed by atoms with E-state index in [-0.39, 0.29) is 0 Å². The number of rotatable bonds is 34. The minimum Gasteiger partial charge on any atom is -0.349 e. The minimum absolute atomic E-state index is 0.476. The van der Waals surface area contributed by atoms with E-state index in [9.17, 15) is 0 Å². The second-order valence-electron chi connectivity index (χ2n) is 13.3. The molecule has 0 N–H and O–H groups in total. The highest BCUT2D eigenvalue weighted by Gasteiger charge is 2.26. The third-order valence-corrected chi connectivity index (χ3v) is 8.41. The van der Waals surface area contributed by atoms with Crippen LogP contribution < -0.4 is 0 Å². The fourth-order valence-electron chi connectivity index (χ4n) is 5.88. The normalized spacial score (nSPS) is 12.2. The molecule has 0 bridgehead atoms. The van der Waals surface area contributed by atoms with Crippen LogP contribution in [0.3, 0.4) is 0 Å². The molecule has 0 aliphatic rings. The van der Waals surface area contributed by atoms with E-state index in [2.05, 4.69) is 39.8 Å². The van der Waals surface area contributed by atoms with Gasteiger partial charge in [0.05, 0.1) is 19.8 Å². The van der Waals surface area contributed by atoms with Crippen LogP contribution in [0.15, 0.2) is 0 Å². The Morgan fingerprint density at radius 3 is 0.825 bits per heavy atom. The lowest BCUT2D eigenvalue weighted by Crippen LogP contribution is -2.43. The Labute approximate surface area is 254 Å². The third kappa shape index (κ3) is 30.8. The van der Waals surface area contributed by atoms with Crippen LogP contribution in [0.25, 0.3) is 0 Å². The lowest BCUT2D eigenvalue weighted by molar-refractivity contribution is -0.232. The van der Waals surface area contributed by atoms with Crippen molar-refractivity contribution in [2.24, 2.45) is 0 Å². The lowest BCUT2D eigenvalue weighted by atomic mass is 10.0. The molecule has 0 saturated heterocycles. The van der Waals surface area contributed by atoms with Crippen LogP contribution in [0, 0.1) is 0 Å². The number of hydrogen-bond acceptors (Lipinski definition) is 3. The SMILES string of the molecule is CCCCCCCCCCCCCCCCOC(C)(CN(C)C)OCCCCCCCCCCCCCCCC. The summed E-state index contributed by atoms with van der Waals surface area (Å²) >= 11 is 0. The summed E-state index contributed by atoms with van der Waals surface area (Å²) in [6.07, 6.45) is 39.0. The minimum atomic E-state index is -0.476. The molecule has 0 unspecified atom stereocenters. The number of hydrogen-bond donors (Lipinski definition) is 0. The van der Waals surface area contributed by atoms with E-state index < -0.39 is 5.79 Å². The van der Waals surface area contributed by atoms with Crippen LogP contribution in [-0.2, 0) is 9.47 Å². The van der Waals surface area contributed by atoms with E-state index in [0.29, 0.717) is 0 Å². The van der Waals surface area contributed by atoms with Crippen molar-refractivity contribution in [3.8, 4) is 0 Å². The van der Waals surface area contributed by atoms with Crippen molar-refractivity contribution in [2.45, 2.75) is 206 Å². The lowest BCUT2D eigenvalue weighted by Gasteiger charge is -2.32. The average Bonchev–Trinajstić information content (AvgIpc) is 2.92. The Balaban J connectivity index is 3.62. The molecule has 0 aliphatic carbocycles. The standard InChI is InChI=1S/C37H77NO2/c1-6-8-10-12-14-16-18-20-22-24-26-28-30-32-34-39-37(3,36-38(4)5)40-35-33-31-29-27-25-23-21-19-17-15-13-11-9-7-2/h6-36H2,1-5H3. The molecule has 0 saturated carbocycles. The zero-order chi connectivity index (χ0) is 29.4. The molecular formula is C37H77NO2. The van der Waals surface area contributed by atoms with Crippen LogP contribution in [0.5, 0.6) is 0 Å². The maximum atomic E-state index is 6.30. The Hall–Kier alpha value is -0.120. The summed E-state index contributed by atoms with van der Waals surface area (Å²) in [5.41, 5.74) is 0. The first-order valence-corrected chi connectivity index (χ1v) is 18.5. The van der Waals surface area contributed by atoms with Gasteiger partial charge < -0.3 is 14.4 Å². The smallest absolute Gasteiger partial charge is 0.178 e. The molecule has 0 amide bonds. The summed E-state index contributed by atoms with van der Waals surface area (Å²) in [5, 5.41) is 0. The van der Waals surface area contributed by atoms with Crippen molar-refractivity contribution < 1.29 is 9.47 Å². The van der Waals surface area contributed by atoms with Crippen molar-refractivity contribution >= 4 is 0 Å². The quantitative estimate of drug-likeness (QED) is 0.0570. The van der Waals surface area contributed by atoms with Crippen LogP contribution in [0.4, 0.5) is 0 Å². The summed E-state index contributed by atoms with van der Waals surface area (Å²) in [4.78, 5) is 2.19. The maximum absolute atomic E-state index is 6.30. The fraction of sp³-hybridized carbons (Fsp3) is 1.00. The van der Waals surface area contributed by atoms with Crippen LogP contribution in [0.1, 0.15) is 201 Å². The van der Waals surface area contributed by atoms with Gasteiger partial charge in [0, 0.05) is 0 Å². The second-order valence-corrected chi connectivity index (χ2v) is 13.3. The molecule has 0 aromatic rings. The van der Waals surface area contributed by atoms with Gasteiger partial charge in [0.2, 0.25) is 0 Å². The summed E-state index contributed by atoms with van der Waals surface area (Å²) in [7, 11) is 4.23. The van der Waals surface area contributed by atoms with Gasteiger partial charge in [-0.25, -0.2) is 0 Å². The molecule has 3 nitrogen and oxygen atoms in total. The van der Waals surface area contributed by atoms with Gasteiger partial charge in [-0.1, -0.05) is 181 Å². The zero-order valence-corrected chi connectivity index (χ0v) is 28.7. The topological polar surface area (TPSA) is 21.7 Å². The predicted molar refractivity (Wildman–Crippen MR) is 179 cm³/mol. The zero-order valence-electron chi connectivity index (χ0n) is 28.7. The summed E-state index contributed by atoms with van der Waals surface area (Å²) in [6, 6.07) is 0. The number of unbranched alkanes of at least 4 members (excludes halogenated alkanes) is 26. The monoisotopic (exact) mass is 568 g/mol. The highest BCUT2D eigenvalue weighted by molar-refractivity contribution is 4.67. The molecule has 0 radical (unpaired) electrons. The molecule has 0 spiro atoms. The third-order valence-electron chi connectivity index (χ3n) is 8.41. The van der Waals surface area contributed by atoms with Crippen LogP contribution in [-0.4, -0.2) is 44.5 Å². The summed E-state index contributed by atoms with van der Waals surface area (Å²) in [6.45, 7) is 9.20. The first-order valence-electron chi connectivity index (χ1n) is 18.5. The van der Waals surface area contributed by atoms with Gasteiger partial charge in [0.15, 0.2) is 5.79 Å². The highest BCUT2D eigenvalue weighted by atomic mass is 16.7. The molecule has 0 heterocycles. The molecule has 0 aliphatic heterocycles. The van der Waals surface area contributed by atoms with E-state index in [1.54, 1.807) is 0 Å². The average molecular weight is 568 g/mol. The van der Waals surface area contributed by atoms with Gasteiger partial charge >= 0.3 is 0 Å². The van der Waals surface area contributed by atoms with Crippen molar-refractivity contribution in [1.82, 2.24) is 4.90 Å². The number of likely N-dealkylation sites (N-methyl/N-ethyl adjacent to an activating group) is 1. The molecular weight excluding hydrogens is 490 g/mol. The van der Waals surface area contributed by atoms with Gasteiger partial charge in [-0.15, -0.1) is 0 Å². The molecule has 0 aromatic carbocycles. The Bertz CT molecular complexity index is 433. The molecule has 0 atom stereocenters.